The smallest absolute Gasteiger partial charge is 0.0637 e. The van der Waals surface area contributed by atoms with Gasteiger partial charge in [-0.15, -0.1) is 11.3 Å². The van der Waals surface area contributed by atoms with Gasteiger partial charge in [0.15, 0.2) is 0 Å². The first kappa shape index (κ1) is 14.5. The highest BCUT2D eigenvalue weighted by molar-refractivity contribution is 7.09. The molecule has 0 saturated heterocycles. The second-order valence-corrected chi connectivity index (χ2v) is 5.96. The van der Waals surface area contributed by atoms with E-state index in [4.69, 9.17) is 11.6 Å². The van der Waals surface area contributed by atoms with Gasteiger partial charge in [0.25, 0.3) is 0 Å². The molecule has 1 unspecified atom stereocenters. The fourth-order valence-electron chi connectivity index (χ4n) is 2.10. The molecule has 2 aromatic heterocycles. The van der Waals surface area contributed by atoms with Gasteiger partial charge in [-0.3, -0.25) is 4.98 Å². The summed E-state index contributed by atoms with van der Waals surface area (Å²) in [6, 6.07) is 6.62. The third kappa shape index (κ3) is 4.30. The summed E-state index contributed by atoms with van der Waals surface area (Å²) in [6.45, 7) is 3.19. The Hall–Kier alpha value is -0.900. The number of nitrogens with one attached hydrogen (secondary N) is 1. The molecule has 0 bridgehead atoms. The summed E-state index contributed by atoms with van der Waals surface area (Å²) in [6.07, 6.45) is 6.80. The molecule has 0 aliphatic rings. The van der Waals surface area contributed by atoms with Crippen LogP contribution in [0.15, 0.2) is 36.0 Å². The van der Waals surface area contributed by atoms with Gasteiger partial charge < -0.3 is 5.32 Å². The lowest BCUT2D eigenvalue weighted by Crippen LogP contribution is -2.23. The van der Waals surface area contributed by atoms with Gasteiger partial charge in [-0.05, 0) is 48.9 Å². The molecule has 0 saturated carbocycles. The predicted molar refractivity (Wildman–Crippen MR) is 82.9 cm³/mol. The van der Waals surface area contributed by atoms with Crippen molar-refractivity contribution < 1.29 is 0 Å². The van der Waals surface area contributed by atoms with E-state index in [0.717, 1.165) is 36.4 Å². The van der Waals surface area contributed by atoms with Crippen molar-refractivity contribution in [1.29, 1.82) is 0 Å². The fraction of sp³-hybridized carbons (Fsp3) is 0.400. The number of rotatable bonds is 7. The van der Waals surface area contributed by atoms with E-state index in [2.05, 4.69) is 34.7 Å². The molecule has 0 fully saturated rings. The first-order chi connectivity index (χ1) is 9.31. The van der Waals surface area contributed by atoms with Crippen molar-refractivity contribution in [3.05, 3.63) is 51.4 Å². The highest BCUT2D eigenvalue weighted by Crippen LogP contribution is 2.26. The lowest BCUT2D eigenvalue weighted by atomic mass is 10.0. The van der Waals surface area contributed by atoms with Gasteiger partial charge >= 0.3 is 0 Å². The van der Waals surface area contributed by atoms with Crippen LogP contribution in [0.2, 0.25) is 5.02 Å². The number of thiophene rings is 1. The Bertz CT molecular complexity index is 485. The molecule has 2 rings (SSSR count). The van der Waals surface area contributed by atoms with Gasteiger partial charge in [-0.1, -0.05) is 24.6 Å². The van der Waals surface area contributed by atoms with Crippen molar-refractivity contribution in [3.8, 4) is 0 Å². The van der Waals surface area contributed by atoms with Crippen molar-refractivity contribution in [3.63, 3.8) is 0 Å². The molecule has 1 N–H and O–H groups in total. The standard InChI is InChI=1S/C15H19ClN2S/c1-2-8-18-15(6-5-12-4-3-10-19-12)13-7-9-17-11-14(13)16/h3-4,7,9-11,15,18H,2,5-6,8H2,1H3. The van der Waals surface area contributed by atoms with Crippen LogP contribution in [-0.2, 0) is 6.42 Å². The number of nitrogens with zero attached hydrogens (tertiary/aromatic N) is 1. The zero-order valence-electron chi connectivity index (χ0n) is 11.1. The zero-order chi connectivity index (χ0) is 13.5. The van der Waals surface area contributed by atoms with E-state index in [1.807, 2.05) is 23.6 Å². The number of halogens is 1. The topological polar surface area (TPSA) is 24.9 Å². The molecule has 0 aliphatic heterocycles. The van der Waals surface area contributed by atoms with Crippen LogP contribution in [0, 0.1) is 0 Å². The van der Waals surface area contributed by atoms with Crippen LogP contribution in [0.1, 0.15) is 36.2 Å². The predicted octanol–water partition coefficient (Wildman–Crippen LogP) is 4.47. The van der Waals surface area contributed by atoms with Gasteiger partial charge in [-0.2, -0.15) is 0 Å². The van der Waals surface area contributed by atoms with Crippen molar-refractivity contribution in [2.24, 2.45) is 0 Å². The van der Waals surface area contributed by atoms with Crippen LogP contribution in [0.3, 0.4) is 0 Å². The fourth-order valence-corrected chi connectivity index (χ4v) is 3.07. The molecule has 2 heterocycles. The Kier molecular flexibility index (Phi) is 5.83. The first-order valence-electron chi connectivity index (χ1n) is 6.66. The molecule has 0 aromatic carbocycles. The van der Waals surface area contributed by atoms with Gasteiger partial charge in [-0.25, -0.2) is 0 Å². The monoisotopic (exact) mass is 294 g/mol. The van der Waals surface area contributed by atoms with Crippen LogP contribution < -0.4 is 5.32 Å². The Morgan fingerprint density at radius 3 is 3.00 bits per heavy atom. The van der Waals surface area contributed by atoms with Crippen LogP contribution in [0.4, 0.5) is 0 Å². The van der Waals surface area contributed by atoms with Gasteiger partial charge in [0, 0.05) is 23.3 Å². The minimum atomic E-state index is 0.303. The van der Waals surface area contributed by atoms with Crippen LogP contribution in [0.25, 0.3) is 0 Å². The second kappa shape index (κ2) is 7.63. The summed E-state index contributed by atoms with van der Waals surface area (Å²) >= 11 is 8.07. The molecule has 0 spiro atoms. The van der Waals surface area contributed by atoms with Gasteiger partial charge in [0.1, 0.15) is 0 Å². The largest absolute Gasteiger partial charge is 0.310 e. The normalized spacial score (nSPS) is 12.5. The Morgan fingerprint density at radius 1 is 1.42 bits per heavy atom. The van der Waals surface area contributed by atoms with Gasteiger partial charge in [0.2, 0.25) is 0 Å². The molecule has 0 radical (unpaired) electrons. The third-order valence-electron chi connectivity index (χ3n) is 3.08. The molecule has 0 amide bonds. The first-order valence-corrected chi connectivity index (χ1v) is 7.92. The van der Waals surface area contributed by atoms with E-state index < -0.39 is 0 Å². The quantitative estimate of drug-likeness (QED) is 0.815. The van der Waals surface area contributed by atoms with Crippen molar-refractivity contribution in [2.45, 2.75) is 32.2 Å². The van der Waals surface area contributed by atoms with Crippen molar-refractivity contribution in [2.75, 3.05) is 6.54 Å². The number of pyridine rings is 1. The zero-order valence-corrected chi connectivity index (χ0v) is 12.7. The summed E-state index contributed by atoms with van der Waals surface area (Å²) in [5, 5.41) is 6.46. The minimum absolute atomic E-state index is 0.303. The van der Waals surface area contributed by atoms with E-state index >= 15 is 0 Å². The second-order valence-electron chi connectivity index (χ2n) is 4.52. The molecule has 102 valence electrons. The SMILES string of the molecule is CCCNC(CCc1cccs1)c1ccncc1Cl. The molecule has 2 aromatic rings. The summed E-state index contributed by atoms with van der Waals surface area (Å²) in [7, 11) is 0. The van der Waals surface area contributed by atoms with Crippen LogP contribution in [0.5, 0.6) is 0 Å². The lowest BCUT2D eigenvalue weighted by molar-refractivity contribution is 0.500. The van der Waals surface area contributed by atoms with E-state index in [1.54, 1.807) is 6.20 Å². The molecule has 4 heteroatoms. The van der Waals surface area contributed by atoms with Gasteiger partial charge in [0.05, 0.1) is 5.02 Å². The minimum Gasteiger partial charge on any atom is -0.310 e. The molecule has 0 aliphatic carbocycles. The van der Waals surface area contributed by atoms with Crippen LogP contribution in [-0.4, -0.2) is 11.5 Å². The molecule has 2 nitrogen and oxygen atoms in total. The van der Waals surface area contributed by atoms with E-state index in [-0.39, 0.29) is 0 Å². The molecule has 19 heavy (non-hydrogen) atoms. The van der Waals surface area contributed by atoms with E-state index in [1.165, 1.54) is 4.88 Å². The molecular formula is C15H19ClN2S. The summed E-state index contributed by atoms with van der Waals surface area (Å²) in [4.78, 5) is 5.48. The number of hydrogen-bond acceptors (Lipinski definition) is 3. The average molecular weight is 295 g/mol. The van der Waals surface area contributed by atoms with Crippen molar-refractivity contribution in [1.82, 2.24) is 10.3 Å². The Balaban J connectivity index is 2.05. The summed E-state index contributed by atoms with van der Waals surface area (Å²) in [5.41, 5.74) is 1.15. The molecular weight excluding hydrogens is 276 g/mol. The van der Waals surface area contributed by atoms with E-state index in [9.17, 15) is 0 Å². The Labute approximate surface area is 123 Å². The molecule has 1 atom stereocenters. The highest BCUT2D eigenvalue weighted by Gasteiger charge is 2.14. The maximum atomic E-state index is 6.26. The summed E-state index contributed by atoms with van der Waals surface area (Å²) in [5.74, 6) is 0. The number of aromatic nitrogens is 1. The van der Waals surface area contributed by atoms with Crippen LogP contribution >= 0.6 is 22.9 Å². The number of hydrogen-bond donors (Lipinski definition) is 1. The third-order valence-corrected chi connectivity index (χ3v) is 4.33. The number of aryl methyl sites for hydroxylation is 1. The Morgan fingerprint density at radius 2 is 2.32 bits per heavy atom. The maximum absolute atomic E-state index is 6.26. The van der Waals surface area contributed by atoms with Crippen molar-refractivity contribution >= 4 is 22.9 Å². The lowest BCUT2D eigenvalue weighted by Gasteiger charge is -2.19. The highest BCUT2D eigenvalue weighted by atomic mass is 35.5. The van der Waals surface area contributed by atoms with E-state index in [0.29, 0.717) is 6.04 Å². The maximum Gasteiger partial charge on any atom is 0.0637 e. The summed E-state index contributed by atoms with van der Waals surface area (Å²) < 4.78 is 0. The average Bonchev–Trinajstić information content (AvgIpc) is 2.93.